The van der Waals surface area contributed by atoms with Crippen LogP contribution in [-0.4, -0.2) is 20.9 Å². The topological polar surface area (TPSA) is 85.6 Å². The van der Waals surface area contributed by atoms with Gasteiger partial charge < -0.3 is 14.5 Å². The second-order valence-corrected chi connectivity index (χ2v) is 9.92. The molecule has 1 aromatic heterocycles. The highest BCUT2D eigenvalue weighted by Gasteiger charge is 2.20. The molecule has 176 valence electrons. The van der Waals surface area contributed by atoms with E-state index < -0.39 is 33.1 Å². The lowest BCUT2D eigenvalue weighted by molar-refractivity contribution is 0.0910. The van der Waals surface area contributed by atoms with E-state index in [0.29, 0.717) is 6.61 Å². The minimum absolute atomic E-state index is 0.0115. The summed E-state index contributed by atoms with van der Waals surface area (Å²) in [5.41, 5.74) is 0.989. The summed E-state index contributed by atoms with van der Waals surface area (Å²) in [6.07, 6.45) is 2.05. The maximum atomic E-state index is 13.8. The molecule has 0 aliphatic carbocycles. The first-order valence-corrected chi connectivity index (χ1v) is 12.7. The molecule has 8 heteroatoms. The van der Waals surface area contributed by atoms with Crippen LogP contribution in [0.5, 0.6) is 5.75 Å². The van der Waals surface area contributed by atoms with Gasteiger partial charge in [0.1, 0.15) is 23.1 Å². The van der Waals surface area contributed by atoms with Gasteiger partial charge in [-0.1, -0.05) is 43.7 Å². The number of hydrogen-bond acceptors (Lipinski definition) is 5. The van der Waals surface area contributed by atoms with E-state index in [1.54, 1.807) is 6.07 Å². The van der Waals surface area contributed by atoms with Gasteiger partial charge in [-0.15, -0.1) is 0 Å². The largest absolute Gasteiger partial charge is 0.494 e. The summed E-state index contributed by atoms with van der Waals surface area (Å²) >= 11 is 0. The van der Waals surface area contributed by atoms with E-state index in [4.69, 9.17) is 9.15 Å². The van der Waals surface area contributed by atoms with Crippen molar-refractivity contribution in [2.24, 2.45) is 0 Å². The number of benzene rings is 2. The lowest BCUT2D eigenvalue weighted by Gasteiger charge is -2.14. The molecule has 33 heavy (non-hydrogen) atoms. The molecule has 3 aromatic rings. The lowest BCUT2D eigenvalue weighted by atomic mass is 10.1. The van der Waals surface area contributed by atoms with Crippen LogP contribution in [0.4, 0.5) is 4.39 Å². The zero-order valence-electron chi connectivity index (χ0n) is 18.7. The van der Waals surface area contributed by atoms with Crippen LogP contribution in [0.15, 0.2) is 65.1 Å². The fourth-order valence-electron chi connectivity index (χ4n) is 3.24. The standard InChI is InChI=1S/C25H28FNO5S/c1-3-4-15-31-21-11-9-19(10-12-21)18(2)27-25(28)24-14-13-22(32-24)17-33(29,30)16-20-7-5-6-8-23(20)26/h5-14,18H,3-4,15-17H2,1-2H3,(H,27,28)/t18-/m0/s1. The van der Waals surface area contributed by atoms with Gasteiger partial charge in [-0.3, -0.25) is 4.79 Å². The van der Waals surface area contributed by atoms with Crippen molar-refractivity contribution >= 4 is 15.7 Å². The molecule has 0 aliphatic heterocycles. The molecule has 1 heterocycles. The van der Waals surface area contributed by atoms with E-state index in [2.05, 4.69) is 12.2 Å². The Morgan fingerprint density at radius 2 is 1.79 bits per heavy atom. The Hall–Kier alpha value is -3.13. The number of amides is 1. The molecule has 0 unspecified atom stereocenters. The van der Waals surface area contributed by atoms with E-state index in [1.165, 1.54) is 30.3 Å². The number of sulfone groups is 1. The molecule has 0 aliphatic rings. The van der Waals surface area contributed by atoms with Gasteiger partial charge in [0.15, 0.2) is 15.6 Å². The van der Waals surface area contributed by atoms with Crippen LogP contribution in [0, 0.1) is 5.82 Å². The van der Waals surface area contributed by atoms with Crippen LogP contribution in [-0.2, 0) is 21.3 Å². The monoisotopic (exact) mass is 473 g/mol. The van der Waals surface area contributed by atoms with Crippen LogP contribution >= 0.6 is 0 Å². The van der Waals surface area contributed by atoms with E-state index in [1.807, 2.05) is 31.2 Å². The molecule has 3 rings (SSSR count). The predicted molar refractivity (Wildman–Crippen MR) is 124 cm³/mol. The highest BCUT2D eigenvalue weighted by Crippen LogP contribution is 2.20. The van der Waals surface area contributed by atoms with E-state index in [-0.39, 0.29) is 23.1 Å². The van der Waals surface area contributed by atoms with Crippen molar-refractivity contribution in [3.63, 3.8) is 0 Å². The number of furan rings is 1. The summed E-state index contributed by atoms with van der Waals surface area (Å²) < 4.78 is 49.7. The van der Waals surface area contributed by atoms with Crippen molar-refractivity contribution in [3.8, 4) is 5.75 Å². The normalized spacial score (nSPS) is 12.3. The number of carbonyl (C=O) groups excluding carboxylic acids is 1. The van der Waals surface area contributed by atoms with Crippen molar-refractivity contribution in [1.82, 2.24) is 5.32 Å². The molecule has 1 N–H and O–H groups in total. The first kappa shape index (κ1) is 24.5. The molecular weight excluding hydrogens is 445 g/mol. The molecule has 6 nitrogen and oxygen atoms in total. The van der Waals surface area contributed by atoms with Crippen molar-refractivity contribution in [2.75, 3.05) is 6.61 Å². The summed E-state index contributed by atoms with van der Waals surface area (Å²) in [5.74, 6) is -0.993. The SMILES string of the molecule is CCCCOc1ccc([C@H](C)NC(=O)c2ccc(CS(=O)(=O)Cc3ccccc3F)o2)cc1. The van der Waals surface area contributed by atoms with Gasteiger partial charge in [-0.25, -0.2) is 12.8 Å². The number of rotatable bonds is 11. The maximum Gasteiger partial charge on any atom is 0.287 e. The molecule has 0 saturated heterocycles. The molecule has 1 amide bonds. The predicted octanol–water partition coefficient (Wildman–Crippen LogP) is 5.20. The number of ether oxygens (including phenoxy) is 1. The van der Waals surface area contributed by atoms with Crippen LogP contribution in [0.1, 0.15) is 60.2 Å². The Morgan fingerprint density at radius 3 is 2.48 bits per heavy atom. The third-order valence-corrected chi connectivity index (χ3v) is 6.55. The molecular formula is C25H28FNO5S. The van der Waals surface area contributed by atoms with Crippen LogP contribution in [0.25, 0.3) is 0 Å². The minimum atomic E-state index is -3.68. The van der Waals surface area contributed by atoms with Crippen molar-refractivity contribution < 1.29 is 26.8 Å². The second-order valence-electron chi connectivity index (χ2n) is 7.86. The molecule has 2 aromatic carbocycles. The Bertz CT molecular complexity index is 1170. The van der Waals surface area contributed by atoms with Gasteiger partial charge in [0.05, 0.1) is 18.4 Å². The summed E-state index contributed by atoms with van der Waals surface area (Å²) in [6.45, 7) is 4.61. The van der Waals surface area contributed by atoms with Crippen molar-refractivity contribution in [2.45, 2.75) is 44.2 Å². The molecule has 0 fully saturated rings. The Morgan fingerprint density at radius 1 is 1.06 bits per heavy atom. The summed E-state index contributed by atoms with van der Waals surface area (Å²) in [4.78, 5) is 12.6. The summed E-state index contributed by atoms with van der Waals surface area (Å²) in [6, 6.07) is 15.8. The van der Waals surface area contributed by atoms with Crippen LogP contribution < -0.4 is 10.1 Å². The number of nitrogens with one attached hydrogen (secondary N) is 1. The molecule has 0 bridgehead atoms. The van der Waals surface area contributed by atoms with Gasteiger partial charge in [0.25, 0.3) is 5.91 Å². The average Bonchev–Trinajstić information content (AvgIpc) is 3.23. The number of unbranched alkanes of at least 4 members (excludes halogenated alkanes) is 1. The van der Waals surface area contributed by atoms with Gasteiger partial charge in [0.2, 0.25) is 0 Å². The third-order valence-electron chi connectivity index (χ3n) is 5.08. The Kier molecular flexibility index (Phi) is 8.27. The zero-order chi connectivity index (χ0) is 23.8. The van der Waals surface area contributed by atoms with Gasteiger partial charge in [0, 0.05) is 5.56 Å². The average molecular weight is 474 g/mol. The summed E-state index contributed by atoms with van der Waals surface area (Å²) in [5, 5.41) is 2.84. The Labute approximate surface area is 193 Å². The number of hydrogen-bond donors (Lipinski definition) is 1. The molecule has 1 atom stereocenters. The van der Waals surface area contributed by atoms with E-state index >= 15 is 0 Å². The second kappa shape index (κ2) is 11.1. The highest BCUT2D eigenvalue weighted by molar-refractivity contribution is 7.89. The quantitative estimate of drug-likeness (QED) is 0.387. The fourth-order valence-corrected chi connectivity index (χ4v) is 4.63. The zero-order valence-corrected chi connectivity index (χ0v) is 19.5. The molecule has 0 spiro atoms. The summed E-state index contributed by atoms with van der Waals surface area (Å²) in [7, 11) is -3.68. The first-order valence-electron chi connectivity index (χ1n) is 10.8. The van der Waals surface area contributed by atoms with E-state index in [0.717, 1.165) is 24.2 Å². The number of halogens is 1. The lowest BCUT2D eigenvalue weighted by Crippen LogP contribution is -2.26. The minimum Gasteiger partial charge on any atom is -0.494 e. The first-order chi connectivity index (χ1) is 15.8. The van der Waals surface area contributed by atoms with Crippen molar-refractivity contribution in [1.29, 1.82) is 0 Å². The molecule has 0 saturated carbocycles. The smallest absolute Gasteiger partial charge is 0.287 e. The maximum absolute atomic E-state index is 13.8. The van der Waals surface area contributed by atoms with Crippen LogP contribution in [0.3, 0.4) is 0 Å². The van der Waals surface area contributed by atoms with Gasteiger partial charge in [-0.2, -0.15) is 0 Å². The van der Waals surface area contributed by atoms with Gasteiger partial charge >= 0.3 is 0 Å². The fraction of sp³-hybridized carbons (Fsp3) is 0.320. The highest BCUT2D eigenvalue weighted by atomic mass is 32.2. The van der Waals surface area contributed by atoms with Crippen molar-refractivity contribution in [3.05, 3.63) is 89.1 Å². The third kappa shape index (κ3) is 7.18. The number of carbonyl (C=O) groups is 1. The Balaban J connectivity index is 1.57. The van der Waals surface area contributed by atoms with Crippen LogP contribution in [0.2, 0.25) is 0 Å². The molecule has 0 radical (unpaired) electrons. The van der Waals surface area contributed by atoms with Gasteiger partial charge in [-0.05, 0) is 49.2 Å². The van der Waals surface area contributed by atoms with E-state index in [9.17, 15) is 17.6 Å².